The smallest absolute Gasteiger partial charge is 0.373 e. The zero-order valence-electron chi connectivity index (χ0n) is 17.7. The van der Waals surface area contributed by atoms with Crippen LogP contribution >= 0.6 is 0 Å². The molecule has 2 aliphatic heterocycles. The Kier molecular flexibility index (Phi) is 5.59. The maximum absolute atomic E-state index is 14.7. The molecule has 9 heteroatoms. The number of amides is 1. The first-order chi connectivity index (χ1) is 16.2. The minimum atomic E-state index is -4.61. The largest absolute Gasteiger partial charge is 0.433 e. The van der Waals surface area contributed by atoms with Gasteiger partial charge in [0.1, 0.15) is 17.3 Å². The quantitative estimate of drug-likeness (QED) is 0.476. The van der Waals surface area contributed by atoms with Crippen LogP contribution in [0.4, 0.5) is 27.6 Å². The Labute approximate surface area is 191 Å². The Hall–Kier alpha value is -3.33. The molecular formula is C25H19F5N2O2. The van der Waals surface area contributed by atoms with Crippen molar-refractivity contribution in [3.05, 3.63) is 83.7 Å². The second-order valence-corrected chi connectivity index (χ2v) is 8.45. The van der Waals surface area contributed by atoms with Crippen LogP contribution in [0, 0.1) is 17.6 Å². The molecule has 3 heterocycles. The number of nitrogens with one attached hydrogen (secondary N) is 1. The molecule has 2 aromatic carbocycles. The number of carbonyl (C=O) groups is 1. The standard InChI is InChI=1S/C25H19F5N2O2/c26-16-5-2-1-4-14(16)15-9-8-13(12-17(15)27)31-24(33)23-20-11-10-19(34-20)22(23)18-6-3-7-21(32-18)25(28,29)30/h1-9,12,19-20,22-23H,10-11H2,(H,31,33)/t19-,20+,22-,23-/m0/s1. The number of anilines is 1. The molecule has 4 atom stereocenters. The number of benzene rings is 2. The van der Waals surface area contributed by atoms with Crippen molar-refractivity contribution in [2.24, 2.45) is 5.92 Å². The van der Waals surface area contributed by atoms with E-state index in [1.54, 1.807) is 6.07 Å². The van der Waals surface area contributed by atoms with Crippen LogP contribution < -0.4 is 5.32 Å². The summed E-state index contributed by atoms with van der Waals surface area (Å²) in [4.78, 5) is 16.9. The van der Waals surface area contributed by atoms with Gasteiger partial charge in [-0.25, -0.2) is 13.8 Å². The highest BCUT2D eigenvalue weighted by molar-refractivity contribution is 5.94. The van der Waals surface area contributed by atoms with Crippen molar-refractivity contribution in [3.8, 4) is 11.1 Å². The average Bonchev–Trinajstić information content (AvgIpc) is 3.41. The van der Waals surface area contributed by atoms with Crippen molar-refractivity contribution in [1.29, 1.82) is 0 Å². The third-order valence-corrected chi connectivity index (χ3v) is 6.38. The molecule has 0 aliphatic carbocycles. The van der Waals surface area contributed by atoms with Gasteiger partial charge in [0.2, 0.25) is 5.91 Å². The summed E-state index contributed by atoms with van der Waals surface area (Å²) in [7, 11) is 0. The lowest BCUT2D eigenvalue weighted by molar-refractivity contribution is -0.141. The number of hydrogen-bond donors (Lipinski definition) is 1. The summed E-state index contributed by atoms with van der Waals surface area (Å²) in [6.07, 6.45) is -4.28. The SMILES string of the molecule is O=C(Nc1ccc(-c2ccccc2F)c(F)c1)[C@@H]1[C@@H](c2cccc(C(F)(F)F)n2)[C@@H]2CC[C@H]1O2. The van der Waals surface area contributed by atoms with Crippen LogP contribution in [0.3, 0.4) is 0 Å². The van der Waals surface area contributed by atoms with Crippen molar-refractivity contribution < 1.29 is 31.5 Å². The fraction of sp³-hybridized carbons (Fsp3) is 0.280. The van der Waals surface area contributed by atoms with E-state index in [0.717, 1.165) is 12.1 Å². The van der Waals surface area contributed by atoms with Gasteiger partial charge in [-0.1, -0.05) is 24.3 Å². The highest BCUT2D eigenvalue weighted by Gasteiger charge is 2.53. The molecule has 0 unspecified atom stereocenters. The molecule has 0 spiro atoms. The lowest BCUT2D eigenvalue weighted by Crippen LogP contribution is -2.36. The number of alkyl halides is 3. The first-order valence-electron chi connectivity index (χ1n) is 10.8. The number of nitrogens with zero attached hydrogens (tertiary/aromatic N) is 1. The summed E-state index contributed by atoms with van der Waals surface area (Å²) < 4.78 is 74.1. The minimum Gasteiger partial charge on any atom is -0.373 e. The number of hydrogen-bond acceptors (Lipinski definition) is 3. The molecule has 4 nitrogen and oxygen atoms in total. The van der Waals surface area contributed by atoms with Gasteiger partial charge >= 0.3 is 6.18 Å². The molecule has 34 heavy (non-hydrogen) atoms. The Morgan fingerprint density at radius 1 is 0.912 bits per heavy atom. The number of rotatable bonds is 4. The predicted octanol–water partition coefficient (Wildman–Crippen LogP) is 5.95. The van der Waals surface area contributed by atoms with Gasteiger partial charge in [0, 0.05) is 28.4 Å². The van der Waals surface area contributed by atoms with E-state index in [9.17, 15) is 26.7 Å². The molecule has 2 aliphatic rings. The molecule has 176 valence electrons. The summed E-state index contributed by atoms with van der Waals surface area (Å²) in [5.74, 6) is -3.21. The van der Waals surface area contributed by atoms with Gasteiger partial charge < -0.3 is 10.1 Å². The third kappa shape index (κ3) is 4.04. The maximum atomic E-state index is 14.7. The molecule has 2 fully saturated rings. The zero-order chi connectivity index (χ0) is 24.0. The Morgan fingerprint density at radius 2 is 1.65 bits per heavy atom. The summed E-state index contributed by atoms with van der Waals surface area (Å²) >= 11 is 0. The zero-order valence-corrected chi connectivity index (χ0v) is 17.7. The van der Waals surface area contributed by atoms with Crippen molar-refractivity contribution in [3.63, 3.8) is 0 Å². The van der Waals surface area contributed by atoms with Crippen molar-refractivity contribution in [2.45, 2.75) is 37.1 Å². The van der Waals surface area contributed by atoms with E-state index in [1.807, 2.05) is 0 Å². The lowest BCUT2D eigenvalue weighted by Gasteiger charge is -2.27. The van der Waals surface area contributed by atoms with Crippen LogP contribution in [0.1, 0.15) is 30.1 Å². The van der Waals surface area contributed by atoms with Crippen molar-refractivity contribution >= 4 is 11.6 Å². The third-order valence-electron chi connectivity index (χ3n) is 6.38. The van der Waals surface area contributed by atoms with Gasteiger partial charge in [0.25, 0.3) is 0 Å². The summed E-state index contributed by atoms with van der Waals surface area (Å²) in [6, 6.07) is 13.3. The number of aromatic nitrogens is 1. The van der Waals surface area contributed by atoms with Crippen molar-refractivity contribution in [2.75, 3.05) is 5.32 Å². The number of ether oxygens (including phenoxy) is 1. The Bertz CT molecular complexity index is 1250. The maximum Gasteiger partial charge on any atom is 0.433 e. The van der Waals surface area contributed by atoms with Crippen LogP contribution in [-0.4, -0.2) is 23.1 Å². The van der Waals surface area contributed by atoms with Gasteiger partial charge in [-0.15, -0.1) is 0 Å². The first kappa shape index (κ1) is 22.5. The topological polar surface area (TPSA) is 51.2 Å². The Balaban J connectivity index is 1.40. The van der Waals surface area contributed by atoms with Crippen LogP contribution in [0.25, 0.3) is 11.1 Å². The minimum absolute atomic E-state index is 0.0467. The highest BCUT2D eigenvalue weighted by atomic mass is 19.4. The molecule has 2 bridgehead atoms. The molecule has 5 rings (SSSR count). The molecule has 1 amide bonds. The van der Waals surface area contributed by atoms with Gasteiger partial charge in [0.05, 0.1) is 18.1 Å². The number of pyridine rings is 1. The second kappa shape index (κ2) is 8.47. The van der Waals surface area contributed by atoms with Crippen LogP contribution in [0.5, 0.6) is 0 Å². The van der Waals surface area contributed by atoms with E-state index in [1.165, 1.54) is 42.5 Å². The van der Waals surface area contributed by atoms with Crippen molar-refractivity contribution in [1.82, 2.24) is 4.98 Å². The summed E-state index contributed by atoms with van der Waals surface area (Å²) in [6.45, 7) is 0. The van der Waals surface area contributed by atoms with E-state index in [-0.39, 0.29) is 22.5 Å². The van der Waals surface area contributed by atoms with Gasteiger partial charge in [-0.2, -0.15) is 13.2 Å². The van der Waals surface area contributed by atoms with Gasteiger partial charge in [-0.05, 0) is 49.2 Å². The fourth-order valence-corrected chi connectivity index (χ4v) is 4.90. The van der Waals surface area contributed by atoms with Gasteiger partial charge in [0.15, 0.2) is 0 Å². The molecule has 3 aromatic rings. The first-order valence-corrected chi connectivity index (χ1v) is 10.8. The van der Waals surface area contributed by atoms with E-state index in [0.29, 0.717) is 12.8 Å². The van der Waals surface area contributed by atoms with Crippen LogP contribution in [0.2, 0.25) is 0 Å². The molecule has 0 radical (unpaired) electrons. The number of fused-ring (bicyclic) bond motifs is 2. The van der Waals surface area contributed by atoms with Crippen LogP contribution in [0.15, 0.2) is 60.7 Å². The van der Waals surface area contributed by atoms with E-state index in [2.05, 4.69) is 10.3 Å². The molecular weight excluding hydrogens is 455 g/mol. The average molecular weight is 474 g/mol. The highest BCUT2D eigenvalue weighted by Crippen LogP contribution is 2.49. The van der Waals surface area contributed by atoms with E-state index < -0.39 is 53.5 Å². The molecule has 0 saturated carbocycles. The van der Waals surface area contributed by atoms with E-state index in [4.69, 9.17) is 4.74 Å². The summed E-state index contributed by atoms with van der Waals surface area (Å²) in [5.41, 5.74) is -0.595. The lowest BCUT2D eigenvalue weighted by atomic mass is 9.76. The Morgan fingerprint density at radius 3 is 2.38 bits per heavy atom. The fourth-order valence-electron chi connectivity index (χ4n) is 4.90. The predicted molar refractivity (Wildman–Crippen MR) is 114 cm³/mol. The van der Waals surface area contributed by atoms with E-state index >= 15 is 0 Å². The molecule has 1 aromatic heterocycles. The summed E-state index contributed by atoms with van der Waals surface area (Å²) in [5, 5.41) is 2.64. The molecule has 1 N–H and O–H groups in total. The number of halogens is 5. The second-order valence-electron chi connectivity index (χ2n) is 8.45. The molecule has 2 saturated heterocycles. The normalized spacial score (nSPS) is 23.8. The monoisotopic (exact) mass is 474 g/mol. The van der Waals surface area contributed by atoms with Gasteiger partial charge in [-0.3, -0.25) is 4.79 Å². The van der Waals surface area contributed by atoms with Crippen LogP contribution in [-0.2, 0) is 15.7 Å². The number of carbonyl (C=O) groups excluding carboxylic acids is 1.